The lowest BCUT2D eigenvalue weighted by atomic mass is 9.76. The fraction of sp³-hybridized carbons (Fsp3) is 0.650. The Morgan fingerprint density at radius 2 is 1.77 bits per heavy atom. The molecule has 0 bridgehead atoms. The summed E-state index contributed by atoms with van der Waals surface area (Å²) in [5.41, 5.74) is 0.644. The van der Waals surface area contributed by atoms with Crippen LogP contribution in [0.3, 0.4) is 0 Å². The van der Waals surface area contributed by atoms with Crippen LogP contribution in [0.4, 0.5) is 4.39 Å². The zero-order valence-corrected chi connectivity index (χ0v) is 16.3. The van der Waals surface area contributed by atoms with Gasteiger partial charge in [-0.1, -0.05) is 25.0 Å². The Hall–Kier alpha value is -1.17. The van der Waals surface area contributed by atoms with E-state index in [2.05, 4.69) is 10.6 Å². The molecule has 2 fully saturated rings. The molecule has 1 heterocycles. The van der Waals surface area contributed by atoms with Crippen LogP contribution >= 0.6 is 12.4 Å². The number of methoxy groups -OCH3 is 1. The van der Waals surface area contributed by atoms with Crippen molar-refractivity contribution >= 4 is 18.3 Å². The maximum Gasteiger partial charge on any atom is 0.228 e. The van der Waals surface area contributed by atoms with Crippen LogP contribution < -0.4 is 10.6 Å². The molecule has 0 aromatic heterocycles. The molecule has 3 rings (SSSR count). The van der Waals surface area contributed by atoms with Gasteiger partial charge >= 0.3 is 0 Å². The number of rotatable bonds is 6. The van der Waals surface area contributed by atoms with Crippen LogP contribution in [0.5, 0.6) is 0 Å². The van der Waals surface area contributed by atoms with Gasteiger partial charge < -0.3 is 15.4 Å². The molecule has 1 saturated heterocycles. The van der Waals surface area contributed by atoms with Gasteiger partial charge in [-0.15, -0.1) is 12.4 Å². The van der Waals surface area contributed by atoms with Gasteiger partial charge in [0.15, 0.2) is 0 Å². The molecule has 2 N–H and O–H groups in total. The van der Waals surface area contributed by atoms with Gasteiger partial charge in [0, 0.05) is 19.1 Å². The molecule has 0 radical (unpaired) electrons. The van der Waals surface area contributed by atoms with Crippen molar-refractivity contribution in [2.45, 2.75) is 43.9 Å². The molecule has 1 saturated carbocycles. The number of halogens is 2. The highest BCUT2D eigenvalue weighted by atomic mass is 35.5. The zero-order valence-electron chi connectivity index (χ0n) is 15.5. The number of hydrogen-bond acceptors (Lipinski definition) is 3. The number of piperidine rings is 1. The van der Waals surface area contributed by atoms with Crippen molar-refractivity contribution in [3.8, 4) is 0 Å². The Kier molecular flexibility index (Phi) is 7.44. The SMILES string of the molecule is COCC1(C(=O)NCC2(c3ccc(F)cc3)CCCC2)CCNCC1.Cl. The lowest BCUT2D eigenvalue weighted by Gasteiger charge is -2.37. The minimum atomic E-state index is -0.428. The van der Waals surface area contributed by atoms with E-state index in [9.17, 15) is 9.18 Å². The molecule has 1 aliphatic carbocycles. The van der Waals surface area contributed by atoms with Crippen LogP contribution in [0.1, 0.15) is 44.1 Å². The molecule has 4 nitrogen and oxygen atoms in total. The molecule has 1 aliphatic heterocycles. The molecule has 1 aromatic carbocycles. The standard InChI is InChI=1S/C20H29FN2O2.ClH/c1-25-15-20(10-12-22-13-11-20)18(24)23-14-19(8-2-3-9-19)16-4-6-17(21)7-5-16;/h4-7,22H,2-3,8-15H2,1H3,(H,23,24);1H. The fourth-order valence-electron chi connectivity index (χ4n) is 4.48. The number of carbonyl (C=O) groups is 1. The predicted molar refractivity (Wildman–Crippen MR) is 103 cm³/mol. The lowest BCUT2D eigenvalue weighted by molar-refractivity contribution is -0.136. The molecule has 0 unspecified atom stereocenters. The highest BCUT2D eigenvalue weighted by molar-refractivity contribution is 5.85. The second kappa shape index (κ2) is 9.16. The normalized spacial score (nSPS) is 21.0. The maximum absolute atomic E-state index is 13.3. The topological polar surface area (TPSA) is 50.4 Å². The summed E-state index contributed by atoms with van der Waals surface area (Å²) < 4.78 is 18.7. The summed E-state index contributed by atoms with van der Waals surface area (Å²) in [5, 5.41) is 6.55. The number of benzene rings is 1. The molecule has 1 aromatic rings. The molecule has 2 aliphatic rings. The lowest BCUT2D eigenvalue weighted by Crippen LogP contribution is -2.52. The minimum Gasteiger partial charge on any atom is -0.384 e. The number of amides is 1. The van der Waals surface area contributed by atoms with E-state index >= 15 is 0 Å². The maximum atomic E-state index is 13.3. The van der Waals surface area contributed by atoms with Crippen LogP contribution in [0.25, 0.3) is 0 Å². The molecule has 26 heavy (non-hydrogen) atoms. The van der Waals surface area contributed by atoms with Gasteiger partial charge in [0.2, 0.25) is 5.91 Å². The highest BCUT2D eigenvalue weighted by Gasteiger charge is 2.42. The van der Waals surface area contributed by atoms with Gasteiger partial charge in [-0.3, -0.25) is 4.79 Å². The van der Waals surface area contributed by atoms with E-state index in [0.717, 1.165) is 57.2 Å². The van der Waals surface area contributed by atoms with Crippen molar-refractivity contribution < 1.29 is 13.9 Å². The van der Waals surface area contributed by atoms with Crippen LogP contribution in [0, 0.1) is 11.2 Å². The van der Waals surface area contributed by atoms with Gasteiger partial charge in [-0.2, -0.15) is 0 Å². The van der Waals surface area contributed by atoms with E-state index < -0.39 is 5.41 Å². The van der Waals surface area contributed by atoms with Crippen molar-refractivity contribution in [3.63, 3.8) is 0 Å². The average Bonchev–Trinajstić information content (AvgIpc) is 3.11. The molecule has 146 valence electrons. The smallest absolute Gasteiger partial charge is 0.228 e. The van der Waals surface area contributed by atoms with E-state index in [1.54, 1.807) is 7.11 Å². The molecule has 6 heteroatoms. The Bertz CT molecular complexity index is 576. The van der Waals surface area contributed by atoms with Gasteiger partial charge in [-0.25, -0.2) is 4.39 Å². The Balaban J connectivity index is 0.00000243. The third-order valence-electron chi connectivity index (χ3n) is 6.07. The third-order valence-corrected chi connectivity index (χ3v) is 6.07. The van der Waals surface area contributed by atoms with E-state index in [1.165, 1.54) is 12.1 Å². The molecule has 0 spiro atoms. The van der Waals surface area contributed by atoms with Crippen molar-refractivity contribution in [1.82, 2.24) is 10.6 Å². The summed E-state index contributed by atoms with van der Waals surface area (Å²) >= 11 is 0. The van der Waals surface area contributed by atoms with E-state index in [1.807, 2.05) is 12.1 Å². The second-order valence-electron chi connectivity index (χ2n) is 7.64. The van der Waals surface area contributed by atoms with Crippen LogP contribution in [-0.2, 0) is 14.9 Å². The summed E-state index contributed by atoms with van der Waals surface area (Å²) in [6.07, 6.45) is 5.99. The van der Waals surface area contributed by atoms with Crippen LogP contribution in [0.2, 0.25) is 0 Å². The Labute approximate surface area is 161 Å². The van der Waals surface area contributed by atoms with Crippen molar-refractivity contribution in [2.24, 2.45) is 5.41 Å². The molecule has 1 amide bonds. The van der Waals surface area contributed by atoms with Crippen molar-refractivity contribution in [3.05, 3.63) is 35.6 Å². The summed E-state index contributed by atoms with van der Waals surface area (Å²) in [7, 11) is 1.66. The monoisotopic (exact) mass is 384 g/mol. The van der Waals surface area contributed by atoms with Crippen molar-refractivity contribution in [1.29, 1.82) is 0 Å². The Morgan fingerprint density at radius 1 is 1.15 bits per heavy atom. The largest absolute Gasteiger partial charge is 0.384 e. The first-order valence-electron chi connectivity index (χ1n) is 9.34. The Morgan fingerprint density at radius 3 is 2.35 bits per heavy atom. The van der Waals surface area contributed by atoms with Crippen molar-refractivity contribution in [2.75, 3.05) is 33.4 Å². The van der Waals surface area contributed by atoms with Crippen LogP contribution in [-0.4, -0.2) is 39.3 Å². The fourth-order valence-corrected chi connectivity index (χ4v) is 4.48. The average molecular weight is 385 g/mol. The third kappa shape index (κ3) is 4.38. The van der Waals surface area contributed by atoms with Crippen LogP contribution in [0.15, 0.2) is 24.3 Å². The van der Waals surface area contributed by atoms with E-state index in [-0.39, 0.29) is 29.5 Å². The van der Waals surface area contributed by atoms with E-state index in [4.69, 9.17) is 4.74 Å². The minimum absolute atomic E-state index is 0. The quantitative estimate of drug-likeness (QED) is 0.791. The van der Waals surface area contributed by atoms with Gasteiger partial charge in [-0.05, 0) is 56.5 Å². The number of carbonyl (C=O) groups excluding carboxylic acids is 1. The van der Waals surface area contributed by atoms with Gasteiger partial charge in [0.1, 0.15) is 5.82 Å². The summed E-state index contributed by atoms with van der Waals surface area (Å²) in [5.74, 6) is -0.112. The van der Waals surface area contributed by atoms with Gasteiger partial charge in [0.25, 0.3) is 0 Å². The first-order chi connectivity index (χ1) is 12.1. The molecular weight excluding hydrogens is 355 g/mol. The summed E-state index contributed by atoms with van der Waals surface area (Å²) in [6.45, 7) is 2.78. The highest BCUT2D eigenvalue weighted by Crippen LogP contribution is 2.41. The first kappa shape index (κ1) is 21.1. The number of ether oxygens (including phenoxy) is 1. The predicted octanol–water partition coefficient (Wildman–Crippen LogP) is 3.19. The second-order valence-corrected chi connectivity index (χ2v) is 7.64. The first-order valence-corrected chi connectivity index (χ1v) is 9.34. The zero-order chi connectivity index (χ0) is 17.8. The number of hydrogen-bond donors (Lipinski definition) is 2. The van der Waals surface area contributed by atoms with Gasteiger partial charge in [0.05, 0.1) is 12.0 Å². The molecule has 0 atom stereocenters. The summed E-state index contributed by atoms with van der Waals surface area (Å²) in [6, 6.07) is 6.80. The number of nitrogens with one attached hydrogen (secondary N) is 2. The summed E-state index contributed by atoms with van der Waals surface area (Å²) in [4.78, 5) is 13.0. The van der Waals surface area contributed by atoms with E-state index in [0.29, 0.717) is 13.2 Å². The molecular formula is C20H30ClFN2O2.